The van der Waals surface area contributed by atoms with Crippen LogP contribution < -0.4 is 10.6 Å². The van der Waals surface area contributed by atoms with E-state index in [0.29, 0.717) is 12.5 Å². The van der Waals surface area contributed by atoms with Crippen molar-refractivity contribution in [3.63, 3.8) is 0 Å². The molecule has 158 valence electrons. The maximum absolute atomic E-state index is 12.2. The minimum Gasteiger partial charge on any atom is -0.357 e. The van der Waals surface area contributed by atoms with E-state index in [2.05, 4.69) is 53.7 Å². The summed E-state index contributed by atoms with van der Waals surface area (Å²) >= 11 is 0. The number of nitrogens with one attached hydrogen (secondary N) is 2. The largest absolute Gasteiger partial charge is 0.357 e. The Hall–Kier alpha value is -2.38. The van der Waals surface area contributed by atoms with Crippen molar-refractivity contribution in [3.05, 3.63) is 65.2 Å². The van der Waals surface area contributed by atoms with Crippen LogP contribution in [0.4, 0.5) is 0 Å². The zero-order chi connectivity index (χ0) is 21.4. The number of hydrogen-bond acceptors (Lipinski definition) is 3. The van der Waals surface area contributed by atoms with Gasteiger partial charge in [-0.15, -0.1) is 0 Å². The van der Waals surface area contributed by atoms with Gasteiger partial charge in [0, 0.05) is 27.2 Å². The van der Waals surface area contributed by atoms with Crippen LogP contribution in [0.15, 0.2) is 58.4 Å². The molecule has 0 spiro atoms. The Morgan fingerprint density at radius 3 is 2.38 bits per heavy atom. The fourth-order valence-electron chi connectivity index (χ4n) is 2.83. The first kappa shape index (κ1) is 22.9. The number of rotatable bonds is 8. The van der Waals surface area contributed by atoms with E-state index in [1.54, 1.807) is 24.3 Å². The van der Waals surface area contributed by atoms with Gasteiger partial charge < -0.3 is 10.6 Å². The molecule has 0 saturated carbocycles. The van der Waals surface area contributed by atoms with E-state index in [-0.39, 0.29) is 4.90 Å². The lowest BCUT2D eigenvalue weighted by Gasteiger charge is -2.17. The van der Waals surface area contributed by atoms with Gasteiger partial charge in [0.1, 0.15) is 0 Å². The number of hydrogen-bond donors (Lipinski definition) is 2. The van der Waals surface area contributed by atoms with E-state index in [4.69, 9.17) is 0 Å². The molecule has 0 aliphatic rings. The average Bonchev–Trinajstić information content (AvgIpc) is 2.70. The topological polar surface area (TPSA) is 73.8 Å². The summed E-state index contributed by atoms with van der Waals surface area (Å²) in [6.45, 7) is 8.33. The Kier molecular flexibility index (Phi) is 8.22. The van der Waals surface area contributed by atoms with Gasteiger partial charge in [0.05, 0.1) is 11.4 Å². The number of benzene rings is 2. The van der Waals surface area contributed by atoms with Crippen LogP contribution in [0.1, 0.15) is 36.5 Å². The molecule has 29 heavy (non-hydrogen) atoms. The van der Waals surface area contributed by atoms with Gasteiger partial charge in [0.15, 0.2) is 5.96 Å². The predicted octanol–water partition coefficient (Wildman–Crippen LogP) is 3.10. The van der Waals surface area contributed by atoms with Crippen molar-refractivity contribution in [2.75, 3.05) is 27.2 Å². The van der Waals surface area contributed by atoms with Crippen LogP contribution in [-0.2, 0) is 16.6 Å². The van der Waals surface area contributed by atoms with Gasteiger partial charge in [-0.3, -0.25) is 0 Å². The molecule has 6 nitrogen and oxygen atoms in total. The molecule has 7 heteroatoms. The molecular weight excluding hydrogens is 384 g/mol. The van der Waals surface area contributed by atoms with E-state index >= 15 is 0 Å². The molecule has 0 fully saturated rings. The fraction of sp³-hybridized carbons (Fsp3) is 0.409. The zero-order valence-corrected chi connectivity index (χ0v) is 18.8. The third kappa shape index (κ3) is 6.58. The van der Waals surface area contributed by atoms with Crippen molar-refractivity contribution in [1.82, 2.24) is 14.9 Å². The van der Waals surface area contributed by atoms with Gasteiger partial charge in [0.25, 0.3) is 0 Å². The Bertz CT molecular complexity index is 922. The van der Waals surface area contributed by atoms with Crippen molar-refractivity contribution in [1.29, 1.82) is 0 Å². The highest BCUT2D eigenvalue weighted by Crippen LogP contribution is 2.16. The molecule has 2 aromatic carbocycles. The molecule has 2 rings (SSSR count). The molecule has 0 aliphatic carbocycles. The molecule has 0 bridgehead atoms. The summed E-state index contributed by atoms with van der Waals surface area (Å²) in [5, 5.41) is 6.65. The number of nitrogens with zero attached hydrogens (tertiary/aromatic N) is 2. The van der Waals surface area contributed by atoms with Gasteiger partial charge in [-0.05, 0) is 43.0 Å². The summed E-state index contributed by atoms with van der Waals surface area (Å²) in [7, 11) is -0.353. The second-order valence-electron chi connectivity index (χ2n) is 7.32. The summed E-state index contributed by atoms with van der Waals surface area (Å²) in [5.41, 5.74) is 3.51. The van der Waals surface area contributed by atoms with Gasteiger partial charge in [-0.2, -0.15) is 0 Å². The highest BCUT2D eigenvalue weighted by atomic mass is 32.2. The Labute approximate surface area is 175 Å². The van der Waals surface area contributed by atoms with Crippen LogP contribution in [0.5, 0.6) is 0 Å². The van der Waals surface area contributed by atoms with Crippen LogP contribution in [0.2, 0.25) is 0 Å². The standard InChI is InChI=1S/C22H32N4O2S/c1-6-23-22(24-15-18(3)20-9-7-8-17(2)14-20)25-16-19-10-12-21(13-11-19)29(27,28)26(4)5/h7-14,18H,6,15-16H2,1-5H3,(H2,23,24,25). The van der Waals surface area contributed by atoms with Gasteiger partial charge >= 0.3 is 0 Å². The average molecular weight is 417 g/mol. The molecule has 0 aliphatic heterocycles. The monoisotopic (exact) mass is 416 g/mol. The summed E-state index contributed by atoms with van der Waals surface area (Å²) < 4.78 is 25.5. The van der Waals surface area contributed by atoms with Gasteiger partial charge in [-0.1, -0.05) is 48.9 Å². The van der Waals surface area contributed by atoms with E-state index < -0.39 is 10.0 Å². The molecule has 0 aromatic heterocycles. The minimum absolute atomic E-state index is 0.284. The molecule has 1 unspecified atom stereocenters. The molecule has 0 amide bonds. The minimum atomic E-state index is -3.41. The maximum atomic E-state index is 12.2. The first-order valence-corrected chi connectivity index (χ1v) is 11.3. The summed E-state index contributed by atoms with van der Waals surface area (Å²) in [6, 6.07) is 15.4. The lowest BCUT2D eigenvalue weighted by atomic mass is 9.99. The lowest BCUT2D eigenvalue weighted by molar-refractivity contribution is 0.520. The molecule has 0 heterocycles. The van der Waals surface area contributed by atoms with E-state index in [9.17, 15) is 8.42 Å². The fourth-order valence-corrected chi connectivity index (χ4v) is 3.74. The van der Waals surface area contributed by atoms with Crippen LogP contribution in [0.25, 0.3) is 0 Å². The van der Waals surface area contributed by atoms with Crippen LogP contribution in [0, 0.1) is 6.92 Å². The maximum Gasteiger partial charge on any atom is 0.242 e. The molecule has 0 radical (unpaired) electrons. The third-order valence-corrected chi connectivity index (χ3v) is 6.48. The quantitative estimate of drug-likeness (QED) is 0.512. The smallest absolute Gasteiger partial charge is 0.242 e. The van der Waals surface area contributed by atoms with E-state index in [0.717, 1.165) is 24.6 Å². The van der Waals surface area contributed by atoms with Crippen molar-refractivity contribution >= 4 is 16.0 Å². The molecule has 2 aromatic rings. The van der Waals surface area contributed by atoms with Crippen LogP contribution in [0.3, 0.4) is 0 Å². The number of guanidine groups is 1. The summed E-state index contributed by atoms with van der Waals surface area (Å²) in [6.07, 6.45) is 0. The Morgan fingerprint density at radius 1 is 1.10 bits per heavy atom. The van der Waals surface area contributed by atoms with Crippen LogP contribution in [-0.4, -0.2) is 45.9 Å². The Balaban J connectivity index is 2.01. The number of aryl methyl sites for hydroxylation is 1. The zero-order valence-electron chi connectivity index (χ0n) is 17.9. The van der Waals surface area contributed by atoms with E-state index in [1.165, 1.54) is 29.5 Å². The number of aliphatic imine (C=N–C) groups is 1. The molecule has 0 saturated heterocycles. The van der Waals surface area contributed by atoms with Crippen molar-refractivity contribution in [2.45, 2.75) is 38.1 Å². The molecule has 1 atom stereocenters. The van der Waals surface area contributed by atoms with Crippen molar-refractivity contribution in [2.24, 2.45) is 4.99 Å². The van der Waals surface area contributed by atoms with Crippen molar-refractivity contribution in [3.8, 4) is 0 Å². The highest BCUT2D eigenvalue weighted by Gasteiger charge is 2.16. The second-order valence-corrected chi connectivity index (χ2v) is 9.47. The summed E-state index contributed by atoms with van der Waals surface area (Å²) in [4.78, 5) is 4.91. The van der Waals surface area contributed by atoms with Gasteiger partial charge in [0.2, 0.25) is 10.0 Å². The summed E-state index contributed by atoms with van der Waals surface area (Å²) in [5.74, 6) is 1.10. The lowest BCUT2D eigenvalue weighted by Crippen LogP contribution is -2.39. The normalized spacial score (nSPS) is 13.4. The predicted molar refractivity (Wildman–Crippen MR) is 120 cm³/mol. The SMILES string of the molecule is CCNC(=NCc1ccc(S(=O)(=O)N(C)C)cc1)NCC(C)c1cccc(C)c1. The Morgan fingerprint density at radius 2 is 1.79 bits per heavy atom. The first-order valence-electron chi connectivity index (χ1n) is 9.84. The van der Waals surface area contributed by atoms with Crippen molar-refractivity contribution < 1.29 is 8.42 Å². The molecular formula is C22H32N4O2S. The first-order chi connectivity index (χ1) is 13.7. The third-order valence-electron chi connectivity index (χ3n) is 4.65. The van der Waals surface area contributed by atoms with E-state index in [1.807, 2.05) is 6.92 Å². The number of sulfonamides is 1. The second kappa shape index (κ2) is 10.4. The molecule has 2 N–H and O–H groups in total. The van der Waals surface area contributed by atoms with Crippen LogP contribution >= 0.6 is 0 Å². The highest BCUT2D eigenvalue weighted by molar-refractivity contribution is 7.89. The van der Waals surface area contributed by atoms with Gasteiger partial charge in [-0.25, -0.2) is 17.7 Å².